The Morgan fingerprint density at radius 2 is 1.89 bits per heavy atom. The second-order valence-corrected chi connectivity index (χ2v) is 4.51. The molecule has 0 saturated carbocycles. The molecule has 0 saturated heterocycles. The van der Waals surface area contributed by atoms with Crippen LogP contribution >= 0.6 is 0 Å². The summed E-state index contributed by atoms with van der Waals surface area (Å²) in [7, 11) is 0. The smallest absolute Gasteiger partial charge is 0.137 e. The van der Waals surface area contributed by atoms with Gasteiger partial charge in [-0.05, 0) is 29.7 Å². The molecule has 0 unspecified atom stereocenters. The molecule has 0 spiro atoms. The van der Waals surface area contributed by atoms with E-state index in [2.05, 4.69) is 32.6 Å². The van der Waals surface area contributed by atoms with Crippen LogP contribution in [0.15, 0.2) is 67.3 Å². The molecule has 3 nitrogen and oxygen atoms in total. The number of nitrogens with zero attached hydrogens (tertiary/aromatic N) is 3. The van der Waals surface area contributed by atoms with Crippen molar-refractivity contribution in [1.82, 2.24) is 14.4 Å². The predicted octanol–water partition coefficient (Wildman–Crippen LogP) is 3.55. The molecule has 19 heavy (non-hydrogen) atoms. The monoisotopic (exact) mass is 245 g/mol. The van der Waals surface area contributed by atoms with Gasteiger partial charge in [0.25, 0.3) is 0 Å². The van der Waals surface area contributed by atoms with Gasteiger partial charge in [0.1, 0.15) is 5.65 Å². The summed E-state index contributed by atoms with van der Waals surface area (Å²) in [6.07, 6.45) is 7.65. The van der Waals surface area contributed by atoms with Gasteiger partial charge in [0, 0.05) is 29.5 Å². The highest BCUT2D eigenvalue weighted by Crippen LogP contribution is 2.24. The standard InChI is InChI=1S/C16H11N3/c1-2-8-19-15(11-18-16(19)3-1)13-4-5-14-10-17-7-6-12(14)9-13/h1-11H. The maximum absolute atomic E-state index is 4.43. The summed E-state index contributed by atoms with van der Waals surface area (Å²) in [6.45, 7) is 0. The average molecular weight is 245 g/mol. The molecule has 4 aromatic rings. The minimum absolute atomic E-state index is 0.965. The van der Waals surface area contributed by atoms with E-state index in [0.29, 0.717) is 0 Å². The lowest BCUT2D eigenvalue weighted by Gasteiger charge is -2.03. The van der Waals surface area contributed by atoms with E-state index in [4.69, 9.17) is 0 Å². The Bertz CT molecular complexity index is 877. The number of fused-ring (bicyclic) bond motifs is 2. The normalized spacial score (nSPS) is 11.2. The number of hydrogen-bond acceptors (Lipinski definition) is 2. The van der Waals surface area contributed by atoms with Crippen LogP contribution in [0.1, 0.15) is 0 Å². The van der Waals surface area contributed by atoms with E-state index >= 15 is 0 Å². The third kappa shape index (κ3) is 1.59. The third-order valence-electron chi connectivity index (χ3n) is 3.35. The molecule has 4 rings (SSSR count). The molecule has 1 aromatic carbocycles. The summed E-state index contributed by atoms with van der Waals surface area (Å²) >= 11 is 0. The Balaban J connectivity index is 1.99. The van der Waals surface area contributed by atoms with E-state index in [1.54, 1.807) is 0 Å². The molecule has 3 aromatic heterocycles. The van der Waals surface area contributed by atoms with Crippen LogP contribution < -0.4 is 0 Å². The number of rotatable bonds is 1. The minimum Gasteiger partial charge on any atom is -0.300 e. The van der Waals surface area contributed by atoms with E-state index in [1.807, 2.05) is 49.1 Å². The maximum atomic E-state index is 4.43. The van der Waals surface area contributed by atoms with Gasteiger partial charge in [0.15, 0.2) is 0 Å². The van der Waals surface area contributed by atoms with E-state index in [1.165, 1.54) is 5.39 Å². The largest absolute Gasteiger partial charge is 0.300 e. The molecular formula is C16H11N3. The van der Waals surface area contributed by atoms with Crippen molar-refractivity contribution >= 4 is 16.4 Å². The lowest BCUT2D eigenvalue weighted by Crippen LogP contribution is -1.87. The van der Waals surface area contributed by atoms with Crippen LogP contribution in [-0.4, -0.2) is 14.4 Å². The van der Waals surface area contributed by atoms with Crippen LogP contribution in [0.5, 0.6) is 0 Å². The topological polar surface area (TPSA) is 30.2 Å². The van der Waals surface area contributed by atoms with Crippen molar-refractivity contribution < 1.29 is 0 Å². The Hall–Kier alpha value is -2.68. The Kier molecular flexibility index (Phi) is 2.12. The summed E-state index contributed by atoms with van der Waals surface area (Å²) < 4.78 is 2.10. The Morgan fingerprint density at radius 1 is 0.895 bits per heavy atom. The quantitative estimate of drug-likeness (QED) is 0.513. The first-order valence-corrected chi connectivity index (χ1v) is 6.18. The van der Waals surface area contributed by atoms with Crippen LogP contribution in [0.2, 0.25) is 0 Å². The van der Waals surface area contributed by atoms with E-state index in [0.717, 1.165) is 22.3 Å². The zero-order valence-electron chi connectivity index (χ0n) is 10.2. The van der Waals surface area contributed by atoms with Crippen molar-refractivity contribution in [2.45, 2.75) is 0 Å². The predicted molar refractivity (Wildman–Crippen MR) is 75.9 cm³/mol. The van der Waals surface area contributed by atoms with Gasteiger partial charge < -0.3 is 0 Å². The average Bonchev–Trinajstić information content (AvgIpc) is 2.91. The Morgan fingerprint density at radius 3 is 2.89 bits per heavy atom. The summed E-state index contributed by atoms with van der Waals surface area (Å²) in [4.78, 5) is 8.56. The van der Waals surface area contributed by atoms with Crippen LogP contribution in [0.3, 0.4) is 0 Å². The molecule has 0 amide bonds. The first-order valence-electron chi connectivity index (χ1n) is 6.18. The molecule has 90 valence electrons. The summed E-state index contributed by atoms with van der Waals surface area (Å²) in [5, 5.41) is 2.35. The van der Waals surface area contributed by atoms with Crippen LogP contribution in [0, 0.1) is 0 Å². The molecule has 0 N–H and O–H groups in total. The van der Waals surface area contributed by atoms with Crippen molar-refractivity contribution in [3.8, 4) is 11.3 Å². The molecule has 0 bridgehead atoms. The summed E-state index contributed by atoms with van der Waals surface area (Å²) in [5.41, 5.74) is 3.24. The van der Waals surface area contributed by atoms with E-state index in [-0.39, 0.29) is 0 Å². The van der Waals surface area contributed by atoms with Gasteiger partial charge in [0.2, 0.25) is 0 Å². The minimum atomic E-state index is 0.965. The number of pyridine rings is 2. The second kappa shape index (κ2) is 3.92. The number of imidazole rings is 1. The van der Waals surface area contributed by atoms with Gasteiger partial charge in [-0.3, -0.25) is 9.38 Å². The molecular weight excluding hydrogens is 234 g/mol. The van der Waals surface area contributed by atoms with Crippen molar-refractivity contribution in [1.29, 1.82) is 0 Å². The van der Waals surface area contributed by atoms with Gasteiger partial charge in [-0.2, -0.15) is 0 Å². The number of aromatic nitrogens is 3. The van der Waals surface area contributed by atoms with Gasteiger partial charge in [-0.1, -0.05) is 18.2 Å². The van der Waals surface area contributed by atoms with Crippen molar-refractivity contribution in [3.05, 3.63) is 67.3 Å². The lowest BCUT2D eigenvalue weighted by molar-refractivity contribution is 1.19. The summed E-state index contributed by atoms with van der Waals surface area (Å²) in [5.74, 6) is 0. The van der Waals surface area contributed by atoms with Crippen molar-refractivity contribution in [2.75, 3.05) is 0 Å². The van der Waals surface area contributed by atoms with Gasteiger partial charge in [-0.25, -0.2) is 4.98 Å². The highest BCUT2D eigenvalue weighted by molar-refractivity contribution is 5.86. The molecule has 0 aliphatic heterocycles. The van der Waals surface area contributed by atoms with E-state index in [9.17, 15) is 0 Å². The third-order valence-corrected chi connectivity index (χ3v) is 3.35. The fraction of sp³-hybridized carbons (Fsp3) is 0. The first kappa shape index (κ1) is 10.3. The van der Waals surface area contributed by atoms with Gasteiger partial charge in [-0.15, -0.1) is 0 Å². The molecule has 0 atom stereocenters. The van der Waals surface area contributed by atoms with Crippen LogP contribution in [0.25, 0.3) is 27.7 Å². The molecule has 3 heterocycles. The van der Waals surface area contributed by atoms with Gasteiger partial charge in [0.05, 0.1) is 11.9 Å². The maximum Gasteiger partial charge on any atom is 0.137 e. The molecule has 3 heteroatoms. The number of hydrogen-bond donors (Lipinski definition) is 0. The SMILES string of the molecule is c1ccn2c(-c3ccc4cnccc4c3)cnc2c1. The molecule has 0 aliphatic carbocycles. The fourth-order valence-corrected chi connectivity index (χ4v) is 2.39. The Labute approximate surface area is 110 Å². The highest BCUT2D eigenvalue weighted by atomic mass is 15.0. The zero-order valence-corrected chi connectivity index (χ0v) is 10.2. The first-order chi connectivity index (χ1) is 9.42. The van der Waals surface area contributed by atoms with Crippen molar-refractivity contribution in [2.24, 2.45) is 0 Å². The highest BCUT2D eigenvalue weighted by Gasteiger charge is 2.05. The van der Waals surface area contributed by atoms with Crippen LogP contribution in [-0.2, 0) is 0 Å². The number of benzene rings is 1. The van der Waals surface area contributed by atoms with Gasteiger partial charge >= 0.3 is 0 Å². The lowest BCUT2D eigenvalue weighted by atomic mass is 10.1. The zero-order chi connectivity index (χ0) is 12.7. The fourth-order valence-electron chi connectivity index (χ4n) is 2.39. The molecule has 0 radical (unpaired) electrons. The van der Waals surface area contributed by atoms with Crippen LogP contribution in [0.4, 0.5) is 0 Å². The molecule has 0 aliphatic rings. The van der Waals surface area contributed by atoms with Crippen molar-refractivity contribution in [3.63, 3.8) is 0 Å². The second-order valence-electron chi connectivity index (χ2n) is 4.51. The molecule has 0 fully saturated rings. The summed E-state index contributed by atoms with van der Waals surface area (Å²) in [6, 6.07) is 14.4. The van der Waals surface area contributed by atoms with E-state index < -0.39 is 0 Å².